The van der Waals surface area contributed by atoms with E-state index >= 15 is 0 Å². The molecule has 0 radical (unpaired) electrons. The van der Waals surface area contributed by atoms with E-state index in [1.807, 2.05) is 0 Å². The molecule has 3 aliphatic rings. The van der Waals surface area contributed by atoms with Crippen LogP contribution < -0.4 is 21.1 Å². The van der Waals surface area contributed by atoms with Crippen LogP contribution in [0.25, 0.3) is 0 Å². The number of benzene rings is 1. The van der Waals surface area contributed by atoms with E-state index in [1.54, 1.807) is 50.5 Å². The van der Waals surface area contributed by atoms with E-state index in [0.717, 1.165) is 12.8 Å². The molecule has 2 aromatic heterocycles. The summed E-state index contributed by atoms with van der Waals surface area (Å²) < 4.78 is 15.0. The number of nitrogens with one attached hydrogen (secondary N) is 2. The number of rotatable bonds is 5. The largest absolute Gasteiger partial charge is 0.501 e. The number of nitrogens with zero attached hydrogens (tertiary/aromatic N) is 4. The summed E-state index contributed by atoms with van der Waals surface area (Å²) in [6.07, 6.45) is 4.16. The lowest BCUT2D eigenvalue weighted by molar-refractivity contribution is 0.0941. The first-order chi connectivity index (χ1) is 18.2. The number of anilines is 1. The normalized spacial score (nSPS) is 19.8. The lowest BCUT2D eigenvalue weighted by Gasteiger charge is -2.38. The molecule has 38 heavy (non-hydrogen) atoms. The molecule has 1 saturated carbocycles. The summed E-state index contributed by atoms with van der Waals surface area (Å²) in [6.45, 7) is 2.02. The van der Waals surface area contributed by atoms with Gasteiger partial charge in [0, 0.05) is 26.3 Å². The molecule has 0 atom stereocenters. The maximum Gasteiger partial charge on any atom is 0.323 e. The quantitative estimate of drug-likeness (QED) is 0.474. The van der Waals surface area contributed by atoms with Gasteiger partial charge in [0.2, 0.25) is 5.75 Å². The van der Waals surface area contributed by atoms with Crippen molar-refractivity contribution in [1.29, 1.82) is 0 Å². The van der Waals surface area contributed by atoms with Crippen molar-refractivity contribution in [3.05, 3.63) is 81.4 Å². The fraction of sp³-hybridized carbons (Fsp3) is 0.370. The molecule has 6 rings (SSSR count). The molecule has 3 aromatic rings. The lowest BCUT2D eigenvalue weighted by atomic mass is 9.77. The molecular formula is C27H29FN6O4. The Balaban J connectivity index is 1.47. The van der Waals surface area contributed by atoms with Gasteiger partial charge in [-0.3, -0.25) is 19.1 Å². The third kappa shape index (κ3) is 4.59. The number of carbonyl (C=O) groups excluding carboxylic acids is 2. The molecule has 1 aromatic carbocycles. The highest BCUT2D eigenvalue weighted by molar-refractivity contribution is 5.95. The van der Waals surface area contributed by atoms with Crippen LogP contribution in [0.1, 0.15) is 53.1 Å². The van der Waals surface area contributed by atoms with Crippen molar-refractivity contribution in [3.63, 3.8) is 0 Å². The van der Waals surface area contributed by atoms with Gasteiger partial charge in [0.05, 0.1) is 5.54 Å². The average Bonchev–Trinajstić information content (AvgIpc) is 3.17. The van der Waals surface area contributed by atoms with E-state index in [1.165, 1.54) is 15.5 Å². The summed E-state index contributed by atoms with van der Waals surface area (Å²) in [5.41, 5.74) is -1.03. The Labute approximate surface area is 218 Å². The third-order valence-corrected chi connectivity index (χ3v) is 7.51. The van der Waals surface area contributed by atoms with Crippen LogP contribution in [0, 0.1) is 18.7 Å². The fourth-order valence-corrected chi connectivity index (χ4v) is 5.28. The molecule has 3 N–H and O–H groups in total. The Bertz CT molecular complexity index is 1450. The Kier molecular flexibility index (Phi) is 6.60. The second-order valence-electron chi connectivity index (χ2n) is 10.0. The highest BCUT2D eigenvalue weighted by atomic mass is 19.1. The first kappa shape index (κ1) is 25.4. The predicted molar refractivity (Wildman–Crippen MR) is 137 cm³/mol. The van der Waals surface area contributed by atoms with Crippen LogP contribution in [0.3, 0.4) is 0 Å². The van der Waals surface area contributed by atoms with E-state index in [9.17, 15) is 23.9 Å². The van der Waals surface area contributed by atoms with Gasteiger partial charge >= 0.3 is 6.03 Å². The predicted octanol–water partition coefficient (Wildman–Crippen LogP) is 2.97. The SMILES string of the molecule is Cc1cc(CNC(=O)c2nc3n(c(=O)c2O)CC2CCC3(NC(=O)N(C)c3ccccn3)CC2)ccc1F. The number of aryl methyl sites for hydroxylation is 1. The summed E-state index contributed by atoms with van der Waals surface area (Å²) in [4.78, 5) is 49.8. The Morgan fingerprint density at radius 1 is 1.24 bits per heavy atom. The maximum absolute atomic E-state index is 13.6. The number of halogens is 1. The van der Waals surface area contributed by atoms with Gasteiger partial charge in [-0.1, -0.05) is 18.2 Å². The average molecular weight is 521 g/mol. The molecule has 11 heteroatoms. The number of fused-ring (bicyclic) bond motifs is 2. The third-order valence-electron chi connectivity index (χ3n) is 7.51. The molecule has 0 spiro atoms. The number of aromatic hydroxyl groups is 1. The molecular weight excluding hydrogens is 491 g/mol. The van der Waals surface area contributed by atoms with Crippen LogP contribution >= 0.6 is 0 Å². The number of aromatic nitrogens is 3. The topological polar surface area (TPSA) is 129 Å². The monoisotopic (exact) mass is 520 g/mol. The van der Waals surface area contributed by atoms with Gasteiger partial charge in [0.25, 0.3) is 11.5 Å². The number of amides is 3. The Hall–Kier alpha value is -4.28. The summed E-state index contributed by atoms with van der Waals surface area (Å²) >= 11 is 0. The van der Waals surface area contributed by atoms with Crippen molar-refractivity contribution < 1.29 is 19.1 Å². The minimum atomic E-state index is -0.997. The summed E-state index contributed by atoms with van der Waals surface area (Å²) in [7, 11) is 1.60. The minimum Gasteiger partial charge on any atom is -0.501 e. The highest BCUT2D eigenvalue weighted by Crippen LogP contribution is 2.43. The van der Waals surface area contributed by atoms with Gasteiger partial charge < -0.3 is 15.7 Å². The van der Waals surface area contributed by atoms with Gasteiger partial charge in [-0.25, -0.2) is 19.2 Å². The van der Waals surface area contributed by atoms with E-state index < -0.39 is 34.5 Å². The van der Waals surface area contributed by atoms with Crippen LogP contribution in [0.15, 0.2) is 47.4 Å². The number of pyridine rings is 1. The Morgan fingerprint density at radius 3 is 2.68 bits per heavy atom. The number of carbonyl (C=O) groups is 2. The first-order valence-electron chi connectivity index (χ1n) is 12.5. The Morgan fingerprint density at radius 2 is 2.00 bits per heavy atom. The number of urea groups is 1. The van der Waals surface area contributed by atoms with Crippen LogP contribution in [0.4, 0.5) is 15.0 Å². The van der Waals surface area contributed by atoms with Crippen molar-refractivity contribution in [2.45, 2.75) is 51.2 Å². The summed E-state index contributed by atoms with van der Waals surface area (Å²) in [6, 6.07) is 9.28. The van der Waals surface area contributed by atoms with Crippen molar-refractivity contribution in [2.75, 3.05) is 11.9 Å². The van der Waals surface area contributed by atoms with E-state index in [2.05, 4.69) is 20.6 Å². The zero-order chi connectivity index (χ0) is 27.0. The molecule has 2 bridgehead atoms. The van der Waals surface area contributed by atoms with Crippen molar-refractivity contribution in [3.8, 4) is 5.75 Å². The van der Waals surface area contributed by atoms with E-state index in [-0.39, 0.29) is 24.1 Å². The molecule has 4 heterocycles. The van der Waals surface area contributed by atoms with Gasteiger partial charge in [-0.2, -0.15) is 0 Å². The van der Waals surface area contributed by atoms with Gasteiger partial charge in [-0.05, 0) is 67.9 Å². The number of hydrogen-bond acceptors (Lipinski definition) is 6. The minimum absolute atomic E-state index is 0.0539. The van der Waals surface area contributed by atoms with Crippen molar-refractivity contribution >= 4 is 17.8 Å². The summed E-state index contributed by atoms with van der Waals surface area (Å²) in [5.74, 6) is -0.934. The smallest absolute Gasteiger partial charge is 0.323 e. The number of hydrogen-bond donors (Lipinski definition) is 3. The summed E-state index contributed by atoms with van der Waals surface area (Å²) in [5, 5.41) is 16.4. The molecule has 1 fully saturated rings. The van der Waals surface area contributed by atoms with Crippen LogP contribution in [-0.2, 0) is 18.6 Å². The molecule has 1 aliphatic carbocycles. The van der Waals surface area contributed by atoms with Crippen molar-refractivity contribution in [2.24, 2.45) is 5.92 Å². The molecule has 10 nitrogen and oxygen atoms in total. The zero-order valence-corrected chi connectivity index (χ0v) is 21.2. The standard InChI is InChI=1S/C27H29FN6O4/c1-16-13-18(6-7-19(16)28)14-30-23(36)21-22(35)24(37)34-15-17-8-10-27(11-9-17,25(34)31-21)32-26(38)33(2)20-5-3-4-12-29-20/h3-7,12-13,17,35H,8-11,14-15H2,1-2H3,(H,30,36)(H,32,38). The molecule has 0 unspecified atom stereocenters. The van der Waals surface area contributed by atoms with Gasteiger partial charge in [0.15, 0.2) is 5.69 Å². The van der Waals surface area contributed by atoms with E-state index in [4.69, 9.17) is 0 Å². The maximum atomic E-state index is 13.6. The fourth-order valence-electron chi connectivity index (χ4n) is 5.28. The lowest BCUT2D eigenvalue weighted by Crippen LogP contribution is -2.53. The second kappa shape index (κ2) is 9.88. The zero-order valence-electron chi connectivity index (χ0n) is 21.2. The van der Waals surface area contributed by atoms with E-state index in [0.29, 0.717) is 36.3 Å². The van der Waals surface area contributed by atoms with Crippen LogP contribution in [-0.4, -0.2) is 38.6 Å². The molecule has 3 amide bonds. The van der Waals surface area contributed by atoms with Crippen LogP contribution in [0.5, 0.6) is 5.75 Å². The molecule has 0 saturated heterocycles. The van der Waals surface area contributed by atoms with Crippen molar-refractivity contribution in [1.82, 2.24) is 25.2 Å². The molecule has 2 aliphatic heterocycles. The second-order valence-corrected chi connectivity index (χ2v) is 10.0. The molecule has 198 valence electrons. The van der Waals surface area contributed by atoms with Crippen LogP contribution in [0.2, 0.25) is 0 Å². The first-order valence-corrected chi connectivity index (χ1v) is 12.5. The van der Waals surface area contributed by atoms with Gasteiger partial charge in [-0.15, -0.1) is 0 Å². The highest BCUT2D eigenvalue weighted by Gasteiger charge is 2.46. The van der Waals surface area contributed by atoms with Gasteiger partial charge in [0.1, 0.15) is 17.5 Å².